The Morgan fingerprint density at radius 2 is 1.85 bits per heavy atom. The Hall–Kier alpha value is -0.770. The number of rotatable bonds is 4. The van der Waals surface area contributed by atoms with E-state index in [-0.39, 0.29) is 6.09 Å². The number of nitrogens with one attached hydrogen (secondary N) is 1. The Morgan fingerprint density at radius 1 is 1.31 bits per heavy atom. The molecule has 0 radical (unpaired) electrons. The van der Waals surface area contributed by atoms with Gasteiger partial charge in [-0.05, 0) is 26.3 Å². The molecule has 0 aliphatic rings. The lowest BCUT2D eigenvalue weighted by Gasteiger charge is -2.01. The molecule has 0 fully saturated rings. The largest absolute Gasteiger partial charge is 0.450 e. The summed E-state index contributed by atoms with van der Waals surface area (Å²) in [6.07, 6.45) is 1.72. The Kier molecular flexibility index (Phi) is 15.6. The molecule has 0 aromatic carbocycles. The number of nitrogens with two attached hydrogens (primary N) is 1. The molecule has 0 rings (SSSR count). The summed E-state index contributed by atoms with van der Waals surface area (Å²) < 4.78 is 4.59. The molecule has 0 atom stereocenters. The lowest BCUT2D eigenvalue weighted by molar-refractivity contribution is 0.152. The molecule has 0 bridgehead atoms. The van der Waals surface area contributed by atoms with Crippen molar-refractivity contribution < 1.29 is 9.53 Å². The maximum Gasteiger partial charge on any atom is 0.407 e. The molecule has 0 aromatic heterocycles. The van der Waals surface area contributed by atoms with Gasteiger partial charge in [-0.25, -0.2) is 4.79 Å². The van der Waals surface area contributed by atoms with E-state index in [1.54, 1.807) is 6.92 Å². The lowest BCUT2D eigenvalue weighted by Crippen LogP contribution is -2.24. The lowest BCUT2D eigenvalue weighted by atomic mass is 10.5. The van der Waals surface area contributed by atoms with Crippen molar-refractivity contribution in [2.24, 2.45) is 5.73 Å². The van der Waals surface area contributed by atoms with E-state index in [2.05, 4.69) is 17.0 Å². The fourth-order valence-corrected chi connectivity index (χ4v) is 0.409. The van der Waals surface area contributed by atoms with Gasteiger partial charge in [0.2, 0.25) is 0 Å². The van der Waals surface area contributed by atoms with Crippen molar-refractivity contribution >= 4 is 6.09 Å². The number of hydrogen-bond acceptors (Lipinski definition) is 3. The van der Waals surface area contributed by atoms with Gasteiger partial charge in [0.25, 0.3) is 0 Å². The van der Waals surface area contributed by atoms with E-state index in [1.165, 1.54) is 0 Å². The molecule has 1 amide bonds. The molecule has 0 saturated heterocycles. The average molecular weight is 190 g/mol. The number of alkyl carbamates (subject to hydrolysis) is 1. The number of carbonyl (C=O) groups excluding carboxylic acids is 1. The first-order valence-corrected chi connectivity index (χ1v) is 4.83. The quantitative estimate of drug-likeness (QED) is 0.706. The van der Waals surface area contributed by atoms with Crippen molar-refractivity contribution in [3.63, 3.8) is 0 Å². The minimum atomic E-state index is -0.320. The van der Waals surface area contributed by atoms with E-state index in [9.17, 15) is 4.79 Å². The summed E-state index contributed by atoms with van der Waals surface area (Å²) >= 11 is 0. The third kappa shape index (κ3) is 18.3. The van der Waals surface area contributed by atoms with Crippen molar-refractivity contribution in [2.75, 3.05) is 19.7 Å². The van der Waals surface area contributed by atoms with Gasteiger partial charge in [-0.2, -0.15) is 0 Å². The average Bonchev–Trinajstić information content (AvgIpc) is 2.16. The molecule has 0 aliphatic carbocycles. The summed E-state index contributed by atoms with van der Waals surface area (Å²) in [5.74, 6) is 0. The van der Waals surface area contributed by atoms with Gasteiger partial charge in [-0.15, -0.1) is 0 Å². The van der Waals surface area contributed by atoms with Crippen LogP contribution < -0.4 is 11.1 Å². The molecule has 0 unspecified atom stereocenters. The molecule has 4 nitrogen and oxygen atoms in total. The van der Waals surface area contributed by atoms with Gasteiger partial charge in [-0.1, -0.05) is 13.8 Å². The number of ether oxygens (including phenoxy) is 1. The van der Waals surface area contributed by atoms with Crippen LogP contribution in [0, 0.1) is 0 Å². The first-order valence-electron chi connectivity index (χ1n) is 4.83. The third-order valence-electron chi connectivity index (χ3n) is 1.08. The Balaban J connectivity index is 0. The number of carbonyl (C=O) groups is 1. The van der Waals surface area contributed by atoms with Crippen LogP contribution in [0.4, 0.5) is 4.79 Å². The second-order valence-corrected chi connectivity index (χ2v) is 2.44. The highest BCUT2D eigenvalue weighted by molar-refractivity contribution is 5.66. The molecule has 3 N–H and O–H groups in total. The molecule has 4 heteroatoms. The standard InChI is InChI=1S/C6H13NO2.C3H9N/c1-3-5-7-6(8)9-4-2;1-2-3-4/h3-5H2,1-2H3,(H,7,8);2-4H2,1H3. The highest BCUT2D eigenvalue weighted by Gasteiger charge is 1.94. The van der Waals surface area contributed by atoms with Crippen LogP contribution in [0.25, 0.3) is 0 Å². The molecular weight excluding hydrogens is 168 g/mol. The molecular formula is C9H22N2O2. The summed E-state index contributed by atoms with van der Waals surface area (Å²) in [5.41, 5.74) is 5.03. The van der Waals surface area contributed by atoms with E-state index < -0.39 is 0 Å². The normalized spacial score (nSPS) is 8.31. The number of hydrogen-bond donors (Lipinski definition) is 2. The van der Waals surface area contributed by atoms with Crippen LogP contribution >= 0.6 is 0 Å². The zero-order chi connectivity index (χ0) is 10.5. The third-order valence-corrected chi connectivity index (χ3v) is 1.08. The van der Waals surface area contributed by atoms with Crippen LogP contribution in [-0.4, -0.2) is 25.8 Å². The Morgan fingerprint density at radius 3 is 2.15 bits per heavy atom. The highest BCUT2D eigenvalue weighted by Crippen LogP contribution is 1.76. The van der Waals surface area contributed by atoms with Crippen LogP contribution in [0.5, 0.6) is 0 Å². The van der Waals surface area contributed by atoms with E-state index in [0.717, 1.165) is 19.4 Å². The maximum absolute atomic E-state index is 10.5. The smallest absolute Gasteiger partial charge is 0.407 e. The van der Waals surface area contributed by atoms with E-state index in [0.29, 0.717) is 13.2 Å². The van der Waals surface area contributed by atoms with Crippen molar-refractivity contribution in [2.45, 2.75) is 33.6 Å². The molecule has 13 heavy (non-hydrogen) atoms. The minimum Gasteiger partial charge on any atom is -0.450 e. The Bertz CT molecular complexity index is 106. The van der Waals surface area contributed by atoms with Gasteiger partial charge in [0.15, 0.2) is 0 Å². The highest BCUT2D eigenvalue weighted by atomic mass is 16.5. The molecule has 0 aromatic rings. The van der Waals surface area contributed by atoms with Crippen molar-refractivity contribution in [3.8, 4) is 0 Å². The summed E-state index contributed by atoms with van der Waals surface area (Å²) in [5, 5.41) is 2.57. The van der Waals surface area contributed by atoms with Gasteiger partial charge < -0.3 is 15.8 Å². The fourth-order valence-electron chi connectivity index (χ4n) is 0.409. The topological polar surface area (TPSA) is 64.3 Å². The van der Waals surface area contributed by atoms with Gasteiger partial charge in [-0.3, -0.25) is 0 Å². The SMILES string of the molecule is CCCN.CCCNC(=O)OCC. The number of amides is 1. The zero-order valence-electron chi connectivity index (χ0n) is 8.93. The molecule has 0 aliphatic heterocycles. The first kappa shape index (κ1) is 14.7. The molecule has 0 spiro atoms. The first-order chi connectivity index (χ1) is 6.22. The van der Waals surface area contributed by atoms with Gasteiger partial charge in [0.1, 0.15) is 0 Å². The van der Waals surface area contributed by atoms with E-state index >= 15 is 0 Å². The predicted molar refractivity (Wildman–Crippen MR) is 54.7 cm³/mol. The van der Waals surface area contributed by atoms with Gasteiger partial charge in [0.05, 0.1) is 6.61 Å². The van der Waals surface area contributed by atoms with Gasteiger partial charge >= 0.3 is 6.09 Å². The van der Waals surface area contributed by atoms with Crippen LogP contribution in [0.15, 0.2) is 0 Å². The maximum atomic E-state index is 10.5. The fraction of sp³-hybridized carbons (Fsp3) is 0.889. The summed E-state index contributed by atoms with van der Waals surface area (Å²) in [4.78, 5) is 10.5. The van der Waals surface area contributed by atoms with Crippen LogP contribution in [0.2, 0.25) is 0 Å². The Labute approximate surface area is 80.8 Å². The van der Waals surface area contributed by atoms with Crippen molar-refractivity contribution in [1.29, 1.82) is 0 Å². The summed E-state index contributed by atoms with van der Waals surface area (Å²) in [7, 11) is 0. The van der Waals surface area contributed by atoms with E-state index in [1.807, 2.05) is 6.92 Å². The van der Waals surface area contributed by atoms with Crippen molar-refractivity contribution in [1.82, 2.24) is 5.32 Å². The minimum absolute atomic E-state index is 0.320. The van der Waals surface area contributed by atoms with Crippen LogP contribution in [0.3, 0.4) is 0 Å². The summed E-state index contributed by atoms with van der Waals surface area (Å²) in [6.45, 7) is 7.78. The monoisotopic (exact) mass is 190 g/mol. The second-order valence-electron chi connectivity index (χ2n) is 2.44. The zero-order valence-corrected chi connectivity index (χ0v) is 8.93. The van der Waals surface area contributed by atoms with Crippen LogP contribution in [0.1, 0.15) is 33.6 Å². The molecule has 0 saturated carbocycles. The van der Waals surface area contributed by atoms with E-state index in [4.69, 9.17) is 5.73 Å². The van der Waals surface area contributed by atoms with Crippen molar-refractivity contribution in [3.05, 3.63) is 0 Å². The predicted octanol–water partition coefficient (Wildman–Crippen LogP) is 1.50. The summed E-state index contributed by atoms with van der Waals surface area (Å²) in [6, 6.07) is 0. The van der Waals surface area contributed by atoms with Crippen LogP contribution in [-0.2, 0) is 4.74 Å². The van der Waals surface area contributed by atoms with Gasteiger partial charge in [0, 0.05) is 6.54 Å². The second kappa shape index (κ2) is 13.8. The molecule has 0 heterocycles. The molecule has 80 valence electrons.